The number of amides is 1. The zero-order valence-corrected chi connectivity index (χ0v) is 15.3. The maximum absolute atomic E-state index is 12.9. The number of hydrogen-bond acceptors (Lipinski definition) is 5. The number of likely N-dealkylation sites (N-methyl/N-ethyl adjacent to an activating group) is 1. The second-order valence-corrected chi connectivity index (χ2v) is 8.27. The maximum atomic E-state index is 12.9. The lowest BCUT2D eigenvalue weighted by molar-refractivity contribution is -0.131. The minimum absolute atomic E-state index is 0.0649. The summed E-state index contributed by atoms with van der Waals surface area (Å²) >= 11 is 3.64. The van der Waals surface area contributed by atoms with Crippen molar-refractivity contribution in [2.24, 2.45) is 0 Å². The van der Waals surface area contributed by atoms with Crippen LogP contribution in [0.15, 0.2) is 24.3 Å². The summed E-state index contributed by atoms with van der Waals surface area (Å²) in [4.78, 5) is 16.9. The first-order valence-electron chi connectivity index (χ1n) is 7.72. The number of rotatable bonds is 6. The molecule has 0 saturated carbocycles. The van der Waals surface area contributed by atoms with Gasteiger partial charge in [-0.05, 0) is 31.8 Å². The van der Waals surface area contributed by atoms with Crippen LogP contribution in [0.3, 0.4) is 0 Å². The first kappa shape index (κ1) is 18.2. The second-order valence-electron chi connectivity index (χ2n) is 5.81. The van der Waals surface area contributed by atoms with Crippen LogP contribution >= 0.6 is 23.5 Å². The third kappa shape index (κ3) is 5.76. The summed E-state index contributed by atoms with van der Waals surface area (Å²) in [5, 5.41) is 9.11. The minimum atomic E-state index is 0.0649. The summed E-state index contributed by atoms with van der Waals surface area (Å²) in [7, 11) is 4.04. The average Bonchev–Trinajstić information content (AvgIpc) is 2.58. The Morgan fingerprint density at radius 3 is 2.83 bits per heavy atom. The molecule has 1 amide bonds. The standard InChI is InChI=1S/C17H23N3OS2/c1-19(2)6-7-20(17(21)16-13-22-8-9-23-16)12-15-5-3-4-14(10-15)11-18/h3-5,10,16H,6-9,12-13H2,1-2H3/t16-/m1/s1. The third-order valence-corrected chi connectivity index (χ3v) is 6.39. The molecule has 1 heterocycles. The van der Waals surface area contributed by atoms with Crippen LogP contribution in [0.2, 0.25) is 0 Å². The van der Waals surface area contributed by atoms with Gasteiger partial charge in [-0.2, -0.15) is 17.0 Å². The molecule has 1 aromatic carbocycles. The van der Waals surface area contributed by atoms with Crippen LogP contribution in [0.4, 0.5) is 0 Å². The minimum Gasteiger partial charge on any atom is -0.336 e. The molecule has 0 radical (unpaired) electrons. The van der Waals surface area contributed by atoms with E-state index in [-0.39, 0.29) is 11.2 Å². The van der Waals surface area contributed by atoms with Crippen LogP contribution in [0.5, 0.6) is 0 Å². The van der Waals surface area contributed by atoms with Crippen molar-refractivity contribution in [2.75, 3.05) is 44.4 Å². The molecule has 0 aromatic heterocycles. The molecule has 0 aliphatic carbocycles. The number of carbonyl (C=O) groups is 1. The van der Waals surface area contributed by atoms with Gasteiger partial charge in [0, 0.05) is 36.9 Å². The number of nitriles is 1. The fraction of sp³-hybridized carbons (Fsp3) is 0.529. The van der Waals surface area contributed by atoms with E-state index >= 15 is 0 Å². The predicted molar refractivity (Wildman–Crippen MR) is 98.7 cm³/mol. The van der Waals surface area contributed by atoms with Gasteiger partial charge in [-0.15, -0.1) is 11.8 Å². The highest BCUT2D eigenvalue weighted by molar-refractivity contribution is 8.07. The van der Waals surface area contributed by atoms with Crippen molar-refractivity contribution in [3.05, 3.63) is 35.4 Å². The Hall–Kier alpha value is -1.16. The molecule has 1 saturated heterocycles. The summed E-state index contributed by atoms with van der Waals surface area (Å²) < 4.78 is 0. The SMILES string of the molecule is CN(C)CCN(Cc1cccc(C#N)c1)C(=O)[C@H]1CSCCS1. The van der Waals surface area contributed by atoms with Gasteiger partial charge >= 0.3 is 0 Å². The summed E-state index contributed by atoms with van der Waals surface area (Å²) in [6.45, 7) is 2.13. The molecule has 124 valence electrons. The average molecular weight is 350 g/mol. The summed E-state index contributed by atoms with van der Waals surface area (Å²) in [6.07, 6.45) is 0. The monoisotopic (exact) mass is 349 g/mol. The van der Waals surface area contributed by atoms with E-state index in [4.69, 9.17) is 5.26 Å². The third-order valence-electron chi connectivity index (χ3n) is 3.65. The number of nitrogens with zero attached hydrogens (tertiary/aromatic N) is 3. The Balaban J connectivity index is 2.09. The first-order valence-corrected chi connectivity index (χ1v) is 9.92. The van der Waals surface area contributed by atoms with Crippen LogP contribution < -0.4 is 0 Å². The van der Waals surface area contributed by atoms with Crippen molar-refractivity contribution in [2.45, 2.75) is 11.8 Å². The Morgan fingerprint density at radius 2 is 2.17 bits per heavy atom. The second kappa shape index (κ2) is 9.21. The lowest BCUT2D eigenvalue weighted by Gasteiger charge is -2.30. The fourth-order valence-corrected chi connectivity index (χ4v) is 5.01. The van der Waals surface area contributed by atoms with E-state index in [0.29, 0.717) is 18.7 Å². The smallest absolute Gasteiger partial charge is 0.236 e. The molecule has 4 nitrogen and oxygen atoms in total. The van der Waals surface area contributed by atoms with Crippen LogP contribution in [-0.4, -0.2) is 65.4 Å². The number of thioether (sulfide) groups is 2. The van der Waals surface area contributed by atoms with Crippen molar-refractivity contribution >= 4 is 29.4 Å². The highest BCUT2D eigenvalue weighted by Crippen LogP contribution is 2.26. The summed E-state index contributed by atoms with van der Waals surface area (Å²) in [6, 6.07) is 9.70. The molecular weight excluding hydrogens is 326 g/mol. The molecule has 0 N–H and O–H groups in total. The van der Waals surface area contributed by atoms with Crippen molar-refractivity contribution in [1.29, 1.82) is 5.26 Å². The van der Waals surface area contributed by atoms with Gasteiger partial charge in [0.2, 0.25) is 5.91 Å². The molecule has 6 heteroatoms. The normalized spacial score (nSPS) is 17.7. The number of hydrogen-bond donors (Lipinski definition) is 0. The van der Waals surface area contributed by atoms with Gasteiger partial charge in [-0.25, -0.2) is 0 Å². The Morgan fingerprint density at radius 1 is 1.35 bits per heavy atom. The molecule has 1 aliphatic heterocycles. The zero-order valence-electron chi connectivity index (χ0n) is 13.7. The fourth-order valence-electron chi connectivity index (χ4n) is 2.38. The molecule has 1 atom stereocenters. The van der Waals surface area contributed by atoms with Gasteiger partial charge in [-0.3, -0.25) is 4.79 Å². The largest absolute Gasteiger partial charge is 0.336 e. The molecule has 0 bridgehead atoms. The summed E-state index contributed by atoms with van der Waals surface area (Å²) in [5.41, 5.74) is 1.66. The van der Waals surface area contributed by atoms with E-state index < -0.39 is 0 Å². The van der Waals surface area contributed by atoms with Crippen LogP contribution in [0.1, 0.15) is 11.1 Å². The molecule has 1 fully saturated rings. The lowest BCUT2D eigenvalue weighted by Crippen LogP contribution is -2.42. The number of benzene rings is 1. The van der Waals surface area contributed by atoms with E-state index in [9.17, 15) is 4.79 Å². The van der Waals surface area contributed by atoms with E-state index in [1.54, 1.807) is 17.8 Å². The maximum Gasteiger partial charge on any atom is 0.236 e. The van der Waals surface area contributed by atoms with Gasteiger partial charge in [-0.1, -0.05) is 12.1 Å². The molecule has 1 aliphatic rings. The highest BCUT2D eigenvalue weighted by Gasteiger charge is 2.27. The molecule has 0 unspecified atom stereocenters. The molecule has 23 heavy (non-hydrogen) atoms. The van der Waals surface area contributed by atoms with E-state index in [1.165, 1.54) is 0 Å². The van der Waals surface area contributed by atoms with Crippen LogP contribution in [0.25, 0.3) is 0 Å². The lowest BCUT2D eigenvalue weighted by atomic mass is 10.1. The Bertz CT molecular complexity index is 565. The van der Waals surface area contributed by atoms with Gasteiger partial charge in [0.25, 0.3) is 0 Å². The van der Waals surface area contributed by atoms with Crippen molar-refractivity contribution in [3.8, 4) is 6.07 Å². The van der Waals surface area contributed by atoms with Crippen molar-refractivity contribution < 1.29 is 4.79 Å². The molecule has 2 rings (SSSR count). The summed E-state index contributed by atoms with van der Waals surface area (Å²) in [5.74, 6) is 3.31. The highest BCUT2D eigenvalue weighted by atomic mass is 32.2. The van der Waals surface area contributed by atoms with Crippen molar-refractivity contribution in [3.63, 3.8) is 0 Å². The van der Waals surface area contributed by atoms with E-state index in [1.807, 2.05) is 49.0 Å². The van der Waals surface area contributed by atoms with Crippen molar-refractivity contribution in [1.82, 2.24) is 9.80 Å². The Labute approximate surface area is 147 Å². The van der Waals surface area contributed by atoms with Gasteiger partial charge < -0.3 is 9.80 Å². The zero-order chi connectivity index (χ0) is 16.7. The molecule has 1 aromatic rings. The van der Waals surface area contributed by atoms with Crippen LogP contribution in [0, 0.1) is 11.3 Å². The Kier molecular flexibility index (Phi) is 7.28. The first-order chi connectivity index (χ1) is 11.1. The van der Waals surface area contributed by atoms with Gasteiger partial charge in [0.1, 0.15) is 0 Å². The van der Waals surface area contributed by atoms with Gasteiger partial charge in [0.15, 0.2) is 0 Å². The van der Waals surface area contributed by atoms with Crippen LogP contribution in [-0.2, 0) is 11.3 Å². The van der Waals surface area contributed by atoms with Gasteiger partial charge in [0.05, 0.1) is 16.9 Å². The molecular formula is C17H23N3OS2. The van der Waals surface area contributed by atoms with E-state index in [0.717, 1.165) is 29.4 Å². The predicted octanol–water partition coefficient (Wildman–Crippen LogP) is 2.30. The number of carbonyl (C=O) groups excluding carboxylic acids is 1. The quantitative estimate of drug-likeness (QED) is 0.789. The molecule has 0 spiro atoms. The topological polar surface area (TPSA) is 47.3 Å². The van der Waals surface area contributed by atoms with E-state index in [2.05, 4.69) is 11.0 Å².